The van der Waals surface area contributed by atoms with E-state index >= 15 is 0 Å². The van der Waals surface area contributed by atoms with Gasteiger partial charge in [0.25, 0.3) is 0 Å². The molecular formula is C40H36N2OS2Si2. The molecule has 6 aromatic rings. The Labute approximate surface area is 288 Å². The van der Waals surface area contributed by atoms with E-state index in [2.05, 4.69) is 182 Å². The van der Waals surface area contributed by atoms with Crippen molar-refractivity contribution in [3.8, 4) is 0 Å². The smallest absolute Gasteiger partial charge is 0.206 e. The second-order valence-corrected chi connectivity index (χ2v) is 23.1. The molecule has 2 heterocycles. The Bertz CT molecular complexity index is 1860. The minimum Gasteiger partial charge on any atom is -0.449 e. The molecule has 0 fully saturated rings. The van der Waals surface area contributed by atoms with E-state index in [1.165, 1.54) is 64.1 Å². The van der Waals surface area contributed by atoms with Crippen LogP contribution in [0, 0.1) is 0 Å². The Kier molecular flexibility index (Phi) is 7.70. The fourth-order valence-corrected chi connectivity index (χ4v) is 16.8. The molecule has 7 heteroatoms. The van der Waals surface area contributed by atoms with Gasteiger partial charge in [0.05, 0.1) is 22.7 Å². The topological polar surface area (TPSA) is 15.7 Å². The average Bonchev–Trinajstić information content (AvgIpc) is 3.09. The van der Waals surface area contributed by atoms with Crippen molar-refractivity contribution >= 4 is 84.7 Å². The monoisotopic (exact) mass is 680 g/mol. The number of hydrogen-bond acceptors (Lipinski definition) is 5. The van der Waals surface area contributed by atoms with Crippen LogP contribution in [0.5, 0.6) is 0 Å². The molecule has 0 N–H and O–H groups in total. The zero-order valence-electron chi connectivity index (χ0n) is 27.0. The highest BCUT2D eigenvalue weighted by atomic mass is 32.2. The van der Waals surface area contributed by atoms with Crippen LogP contribution in [-0.4, -0.2) is 16.6 Å². The third-order valence-corrected chi connectivity index (χ3v) is 18.8. The van der Waals surface area contributed by atoms with Crippen molar-refractivity contribution in [1.29, 1.82) is 0 Å². The van der Waals surface area contributed by atoms with Crippen LogP contribution in [0.2, 0.25) is 26.2 Å². The first-order valence-electron chi connectivity index (χ1n) is 16.0. The second kappa shape index (κ2) is 11.9. The van der Waals surface area contributed by atoms with Crippen molar-refractivity contribution in [2.75, 3.05) is 9.80 Å². The predicted octanol–water partition coefficient (Wildman–Crippen LogP) is 11.1. The molecule has 0 aliphatic carbocycles. The summed E-state index contributed by atoms with van der Waals surface area (Å²) in [6.07, 6.45) is 0. The maximum absolute atomic E-state index is 7.24. The molecule has 0 aromatic heterocycles. The summed E-state index contributed by atoms with van der Waals surface area (Å²) in [5.41, 5.74) is 7.25. The lowest BCUT2D eigenvalue weighted by atomic mass is 10.2. The van der Waals surface area contributed by atoms with Gasteiger partial charge in [0, 0.05) is 31.0 Å². The Morgan fingerprint density at radius 1 is 0.383 bits per heavy atom. The molecule has 0 unspecified atom stereocenters. The molecule has 2 aliphatic rings. The lowest BCUT2D eigenvalue weighted by molar-refractivity contribution is 0.573. The van der Waals surface area contributed by atoms with E-state index in [0.717, 1.165) is 0 Å². The molecule has 232 valence electrons. The first-order valence-corrected chi connectivity index (χ1v) is 23.5. The molecule has 0 saturated heterocycles. The predicted molar refractivity (Wildman–Crippen MR) is 206 cm³/mol. The van der Waals surface area contributed by atoms with Gasteiger partial charge in [-0.15, -0.1) is 0 Å². The van der Waals surface area contributed by atoms with E-state index in [-0.39, 0.29) is 0 Å². The highest BCUT2D eigenvalue weighted by molar-refractivity contribution is 8.00. The van der Waals surface area contributed by atoms with Crippen molar-refractivity contribution in [1.82, 2.24) is 0 Å². The molecule has 8 rings (SSSR count). The van der Waals surface area contributed by atoms with E-state index in [0.29, 0.717) is 0 Å². The zero-order valence-corrected chi connectivity index (χ0v) is 30.6. The standard InChI is InChI=1S/C40H36N2OS2Si2/c1-46(2,31-25-21-29(22-26-31)41-33-13-5-9-17-37(33)44-38-18-10-6-14-34(38)41)43-47(3,4)32-27-23-30(24-28-32)42-35-15-7-11-19-39(35)45-40-20-12-8-16-36(40)42/h5-28H,1-4H3. The molecule has 0 saturated carbocycles. The van der Waals surface area contributed by atoms with Crippen LogP contribution in [0.1, 0.15) is 0 Å². The van der Waals surface area contributed by atoms with Crippen LogP contribution < -0.4 is 20.2 Å². The van der Waals surface area contributed by atoms with Gasteiger partial charge >= 0.3 is 0 Å². The molecule has 0 spiro atoms. The van der Waals surface area contributed by atoms with Crippen LogP contribution in [-0.2, 0) is 4.12 Å². The van der Waals surface area contributed by atoms with E-state index in [1.54, 1.807) is 0 Å². The Morgan fingerprint density at radius 3 is 0.957 bits per heavy atom. The lowest BCUT2D eigenvalue weighted by Crippen LogP contribution is -2.57. The number of benzene rings is 6. The van der Waals surface area contributed by atoms with Gasteiger partial charge in [0.15, 0.2) is 0 Å². The van der Waals surface area contributed by atoms with E-state index in [4.69, 9.17) is 4.12 Å². The van der Waals surface area contributed by atoms with Crippen molar-refractivity contribution in [3.05, 3.63) is 146 Å². The van der Waals surface area contributed by atoms with Crippen LogP contribution in [0.3, 0.4) is 0 Å². The average molecular weight is 681 g/mol. The Morgan fingerprint density at radius 2 is 0.660 bits per heavy atom. The number of anilines is 6. The van der Waals surface area contributed by atoms with Gasteiger partial charge in [0.1, 0.15) is 0 Å². The van der Waals surface area contributed by atoms with E-state index in [9.17, 15) is 0 Å². The third kappa shape index (κ3) is 5.56. The molecule has 47 heavy (non-hydrogen) atoms. The molecule has 0 radical (unpaired) electrons. The van der Waals surface area contributed by atoms with Crippen molar-refractivity contribution < 1.29 is 4.12 Å². The zero-order chi connectivity index (χ0) is 32.2. The van der Waals surface area contributed by atoms with Gasteiger partial charge in [-0.2, -0.15) is 0 Å². The molecular weight excluding hydrogens is 645 g/mol. The van der Waals surface area contributed by atoms with Gasteiger partial charge in [-0.05, 0) is 109 Å². The normalized spacial score (nSPS) is 13.8. The summed E-state index contributed by atoms with van der Waals surface area (Å²) in [6.45, 7) is 9.36. The number of fused-ring (bicyclic) bond motifs is 4. The van der Waals surface area contributed by atoms with Crippen LogP contribution in [0.25, 0.3) is 0 Å². The largest absolute Gasteiger partial charge is 0.449 e. The fourth-order valence-electron chi connectivity index (χ4n) is 6.75. The third-order valence-electron chi connectivity index (χ3n) is 9.02. The Hall–Kier alpha value is -3.99. The van der Waals surface area contributed by atoms with Gasteiger partial charge < -0.3 is 13.9 Å². The van der Waals surface area contributed by atoms with Gasteiger partial charge in [-0.1, -0.05) is 96.3 Å². The number of para-hydroxylation sites is 4. The first kappa shape index (κ1) is 30.4. The number of nitrogens with zero attached hydrogens (tertiary/aromatic N) is 2. The quantitative estimate of drug-likeness (QED) is 0.162. The molecule has 2 aliphatic heterocycles. The summed E-state index contributed by atoms with van der Waals surface area (Å²) >= 11 is 3.68. The summed E-state index contributed by atoms with van der Waals surface area (Å²) in [4.78, 5) is 9.88. The van der Waals surface area contributed by atoms with Crippen molar-refractivity contribution in [2.24, 2.45) is 0 Å². The van der Waals surface area contributed by atoms with Crippen LogP contribution >= 0.6 is 23.5 Å². The maximum atomic E-state index is 7.24. The SMILES string of the molecule is C[Si](C)(O[Si](C)(C)c1ccc(N2c3ccccc3Sc3ccccc32)cc1)c1ccc(N2c3ccccc3Sc3ccccc32)cc1. The molecule has 3 nitrogen and oxygen atoms in total. The fraction of sp³-hybridized carbons (Fsp3) is 0.100. The highest BCUT2D eigenvalue weighted by Crippen LogP contribution is 2.52. The number of rotatable bonds is 6. The summed E-state index contributed by atoms with van der Waals surface area (Å²) < 4.78 is 7.24. The summed E-state index contributed by atoms with van der Waals surface area (Å²) in [5, 5.41) is 2.62. The Balaban J connectivity index is 1.05. The minimum atomic E-state index is -2.23. The summed E-state index contributed by atoms with van der Waals surface area (Å²) in [5.74, 6) is 0. The maximum Gasteiger partial charge on any atom is 0.206 e. The summed E-state index contributed by atoms with van der Waals surface area (Å²) in [6, 6.07) is 53.0. The van der Waals surface area contributed by atoms with Crippen LogP contribution in [0.4, 0.5) is 34.1 Å². The molecule has 6 aromatic carbocycles. The van der Waals surface area contributed by atoms with Crippen molar-refractivity contribution in [3.63, 3.8) is 0 Å². The molecule has 0 atom stereocenters. The molecule has 0 bridgehead atoms. The second-order valence-electron chi connectivity index (χ2n) is 13.0. The minimum absolute atomic E-state index is 1.17. The highest BCUT2D eigenvalue weighted by Gasteiger charge is 2.36. The molecule has 0 amide bonds. The van der Waals surface area contributed by atoms with Gasteiger partial charge in [0.2, 0.25) is 16.6 Å². The summed E-state index contributed by atoms with van der Waals surface area (Å²) in [7, 11) is -4.46. The number of hydrogen-bond donors (Lipinski definition) is 0. The van der Waals surface area contributed by atoms with E-state index < -0.39 is 16.6 Å². The van der Waals surface area contributed by atoms with Crippen LogP contribution in [0.15, 0.2) is 165 Å². The van der Waals surface area contributed by atoms with E-state index in [1.807, 2.05) is 23.5 Å². The lowest BCUT2D eigenvalue weighted by Gasteiger charge is -2.36. The van der Waals surface area contributed by atoms with Gasteiger partial charge in [-0.25, -0.2) is 0 Å². The first-order chi connectivity index (χ1) is 22.8. The van der Waals surface area contributed by atoms with Crippen molar-refractivity contribution in [2.45, 2.75) is 45.8 Å². The van der Waals surface area contributed by atoms with Gasteiger partial charge in [-0.3, -0.25) is 0 Å².